The molecule has 5 heteroatoms. The van der Waals surface area contributed by atoms with Gasteiger partial charge < -0.3 is 19.9 Å². The molecule has 160 valence electrons. The van der Waals surface area contributed by atoms with Crippen LogP contribution in [0.1, 0.15) is 49.7 Å². The summed E-state index contributed by atoms with van der Waals surface area (Å²) in [6.07, 6.45) is 3.48. The van der Waals surface area contributed by atoms with E-state index in [-0.39, 0.29) is 11.5 Å². The minimum Gasteiger partial charge on any atom is -0.454 e. The van der Waals surface area contributed by atoms with E-state index in [4.69, 9.17) is 9.47 Å². The van der Waals surface area contributed by atoms with Gasteiger partial charge in [0.05, 0.1) is 5.60 Å². The summed E-state index contributed by atoms with van der Waals surface area (Å²) >= 11 is 0. The Labute approximate surface area is 179 Å². The normalized spacial score (nSPS) is 30.2. The third kappa shape index (κ3) is 3.39. The van der Waals surface area contributed by atoms with Gasteiger partial charge in [0, 0.05) is 37.6 Å². The van der Waals surface area contributed by atoms with Crippen LogP contribution in [0.4, 0.5) is 0 Å². The number of hydrogen-bond acceptors (Lipinski definition) is 5. The molecule has 30 heavy (non-hydrogen) atoms. The van der Waals surface area contributed by atoms with Gasteiger partial charge in [-0.15, -0.1) is 0 Å². The van der Waals surface area contributed by atoms with Gasteiger partial charge in [-0.2, -0.15) is 0 Å². The zero-order valence-corrected chi connectivity index (χ0v) is 17.8. The molecule has 0 spiro atoms. The van der Waals surface area contributed by atoms with Gasteiger partial charge in [0.25, 0.3) is 0 Å². The van der Waals surface area contributed by atoms with Crippen molar-refractivity contribution in [2.45, 2.75) is 49.7 Å². The van der Waals surface area contributed by atoms with Crippen LogP contribution in [0.15, 0.2) is 48.5 Å². The first kappa shape index (κ1) is 19.9. The van der Waals surface area contributed by atoms with E-state index < -0.39 is 5.60 Å². The molecule has 2 aliphatic heterocycles. The first-order chi connectivity index (χ1) is 14.6. The van der Waals surface area contributed by atoms with Crippen molar-refractivity contribution < 1.29 is 14.6 Å². The average molecular weight is 409 g/mol. The van der Waals surface area contributed by atoms with Crippen LogP contribution in [0.25, 0.3) is 0 Å². The highest BCUT2D eigenvalue weighted by Gasteiger charge is 2.48. The number of nitrogens with one attached hydrogen (secondary N) is 1. The van der Waals surface area contributed by atoms with Crippen LogP contribution in [0, 0.1) is 0 Å². The van der Waals surface area contributed by atoms with Crippen LogP contribution >= 0.6 is 0 Å². The number of benzene rings is 2. The van der Waals surface area contributed by atoms with Crippen molar-refractivity contribution in [3.8, 4) is 11.5 Å². The standard InChI is InChI=1S/C25H32N2O3/c1-19(20-5-3-2-4-6-20)25(28)11-9-24(10-12-25,27-15-13-26-14-16-27)21-7-8-22-23(17-21)30-18-29-22/h2-8,17,19,26,28H,9-16,18H2,1H3. The van der Waals surface area contributed by atoms with Crippen molar-refractivity contribution in [1.82, 2.24) is 10.2 Å². The lowest BCUT2D eigenvalue weighted by Crippen LogP contribution is -2.57. The molecule has 1 aliphatic carbocycles. The molecule has 2 aromatic carbocycles. The van der Waals surface area contributed by atoms with Gasteiger partial charge in [0.15, 0.2) is 11.5 Å². The number of hydrogen-bond donors (Lipinski definition) is 2. The second-order valence-corrected chi connectivity index (χ2v) is 9.07. The van der Waals surface area contributed by atoms with Crippen molar-refractivity contribution in [3.63, 3.8) is 0 Å². The molecule has 1 atom stereocenters. The number of fused-ring (bicyclic) bond motifs is 1. The Bertz CT molecular complexity index is 871. The van der Waals surface area contributed by atoms with Crippen LogP contribution in [-0.2, 0) is 5.54 Å². The second-order valence-electron chi connectivity index (χ2n) is 9.07. The summed E-state index contributed by atoms with van der Waals surface area (Å²) in [5.74, 6) is 1.80. The third-order valence-corrected chi connectivity index (χ3v) is 7.68. The van der Waals surface area contributed by atoms with E-state index in [1.54, 1.807) is 0 Å². The van der Waals surface area contributed by atoms with E-state index in [2.05, 4.69) is 59.6 Å². The lowest BCUT2D eigenvalue weighted by molar-refractivity contribution is -0.0736. The first-order valence-corrected chi connectivity index (χ1v) is 11.2. The first-order valence-electron chi connectivity index (χ1n) is 11.2. The second kappa shape index (κ2) is 7.88. The van der Waals surface area contributed by atoms with E-state index in [1.165, 1.54) is 11.1 Å². The predicted molar refractivity (Wildman–Crippen MR) is 117 cm³/mol. The van der Waals surface area contributed by atoms with Gasteiger partial charge in [0.1, 0.15) is 0 Å². The van der Waals surface area contributed by atoms with Crippen LogP contribution in [-0.4, -0.2) is 48.6 Å². The van der Waals surface area contributed by atoms with E-state index in [1.807, 2.05) is 6.07 Å². The van der Waals surface area contributed by atoms with E-state index >= 15 is 0 Å². The molecule has 0 aromatic heterocycles. The van der Waals surface area contributed by atoms with Crippen molar-refractivity contribution >= 4 is 0 Å². The summed E-state index contributed by atoms with van der Waals surface area (Å²) in [4.78, 5) is 2.63. The van der Waals surface area contributed by atoms with Crippen LogP contribution in [0.5, 0.6) is 11.5 Å². The van der Waals surface area contributed by atoms with Gasteiger partial charge >= 0.3 is 0 Å². The molecular formula is C25H32N2O3. The van der Waals surface area contributed by atoms with E-state index in [0.717, 1.165) is 63.4 Å². The maximum atomic E-state index is 11.7. The fraction of sp³-hybridized carbons (Fsp3) is 0.520. The van der Waals surface area contributed by atoms with Gasteiger partial charge in [-0.1, -0.05) is 43.3 Å². The monoisotopic (exact) mass is 408 g/mol. The maximum absolute atomic E-state index is 11.7. The smallest absolute Gasteiger partial charge is 0.231 e. The number of piperazine rings is 1. The Morgan fingerprint density at radius 1 is 0.933 bits per heavy atom. The molecule has 2 N–H and O–H groups in total. The topological polar surface area (TPSA) is 54.0 Å². The fourth-order valence-corrected chi connectivity index (χ4v) is 5.65. The van der Waals surface area contributed by atoms with Crippen molar-refractivity contribution in [2.24, 2.45) is 0 Å². The molecule has 3 aliphatic rings. The number of rotatable bonds is 4. The Morgan fingerprint density at radius 3 is 2.37 bits per heavy atom. The quantitative estimate of drug-likeness (QED) is 0.809. The summed E-state index contributed by atoms with van der Waals surface area (Å²) in [5, 5.41) is 15.1. The molecule has 1 saturated carbocycles. The summed E-state index contributed by atoms with van der Waals surface area (Å²) in [5.41, 5.74) is 1.78. The molecule has 1 unspecified atom stereocenters. The Balaban J connectivity index is 1.44. The molecule has 5 nitrogen and oxygen atoms in total. The van der Waals surface area contributed by atoms with Crippen LogP contribution in [0.3, 0.4) is 0 Å². The summed E-state index contributed by atoms with van der Waals surface area (Å²) in [6.45, 7) is 6.55. The van der Waals surface area contributed by atoms with Crippen molar-refractivity contribution in [2.75, 3.05) is 33.0 Å². The predicted octanol–water partition coefficient (Wildman–Crippen LogP) is 3.62. The molecule has 2 aromatic rings. The highest BCUT2D eigenvalue weighted by molar-refractivity contribution is 5.47. The Kier molecular flexibility index (Phi) is 5.21. The summed E-state index contributed by atoms with van der Waals surface area (Å²) in [6, 6.07) is 16.9. The van der Waals surface area contributed by atoms with E-state index in [0.29, 0.717) is 6.79 Å². The highest BCUT2D eigenvalue weighted by atomic mass is 16.7. The minimum absolute atomic E-state index is 0.0638. The molecule has 0 radical (unpaired) electrons. The number of nitrogens with zero attached hydrogens (tertiary/aromatic N) is 1. The van der Waals surface area contributed by atoms with Gasteiger partial charge in [-0.3, -0.25) is 4.90 Å². The molecule has 5 rings (SSSR count). The number of ether oxygens (including phenoxy) is 2. The fourth-order valence-electron chi connectivity index (χ4n) is 5.65. The van der Waals surface area contributed by atoms with Crippen molar-refractivity contribution in [3.05, 3.63) is 59.7 Å². The minimum atomic E-state index is -0.671. The summed E-state index contributed by atoms with van der Waals surface area (Å²) < 4.78 is 11.2. The SMILES string of the molecule is CC(c1ccccc1)C1(O)CCC(c2ccc3c(c2)OCO3)(N2CCNCC2)CC1. The Hall–Kier alpha value is -2.08. The van der Waals surface area contributed by atoms with Crippen LogP contribution < -0.4 is 14.8 Å². The lowest BCUT2D eigenvalue weighted by Gasteiger charge is -2.53. The zero-order valence-electron chi connectivity index (χ0n) is 17.8. The number of aliphatic hydroxyl groups is 1. The van der Waals surface area contributed by atoms with Gasteiger partial charge in [-0.05, 0) is 48.9 Å². The highest BCUT2D eigenvalue weighted by Crippen LogP contribution is 2.51. The van der Waals surface area contributed by atoms with Crippen molar-refractivity contribution in [1.29, 1.82) is 0 Å². The van der Waals surface area contributed by atoms with Gasteiger partial charge in [0.2, 0.25) is 6.79 Å². The molecule has 2 fully saturated rings. The molecule has 0 bridgehead atoms. The third-order valence-electron chi connectivity index (χ3n) is 7.68. The largest absolute Gasteiger partial charge is 0.454 e. The molecule has 2 heterocycles. The average Bonchev–Trinajstić information content (AvgIpc) is 3.28. The van der Waals surface area contributed by atoms with Crippen LogP contribution in [0.2, 0.25) is 0 Å². The Morgan fingerprint density at radius 2 is 1.63 bits per heavy atom. The van der Waals surface area contributed by atoms with Gasteiger partial charge in [-0.25, -0.2) is 0 Å². The lowest BCUT2D eigenvalue weighted by atomic mass is 9.65. The molecule has 1 saturated heterocycles. The zero-order chi connectivity index (χ0) is 20.6. The molecule has 0 amide bonds. The summed E-state index contributed by atoms with van der Waals surface area (Å²) in [7, 11) is 0. The van der Waals surface area contributed by atoms with E-state index in [9.17, 15) is 5.11 Å². The maximum Gasteiger partial charge on any atom is 0.231 e. The molecular weight excluding hydrogens is 376 g/mol.